The second-order valence-corrected chi connectivity index (χ2v) is 6.29. The number of nitrogens with one attached hydrogen (secondary N) is 1. The highest BCUT2D eigenvalue weighted by Gasteiger charge is 2.19. The first-order valence-corrected chi connectivity index (χ1v) is 8.40. The second kappa shape index (κ2) is 8.39. The monoisotopic (exact) mass is 324 g/mol. The third kappa shape index (κ3) is 4.89. The van der Waals surface area contributed by atoms with Crippen molar-refractivity contribution in [2.75, 3.05) is 36.5 Å². The number of rotatable bonds is 6. The molecule has 1 atom stereocenters. The maximum absolute atomic E-state index is 12.0. The number of halogens is 1. The van der Waals surface area contributed by atoms with E-state index in [4.69, 9.17) is 16.3 Å². The summed E-state index contributed by atoms with van der Waals surface area (Å²) >= 11 is 6.10. The van der Waals surface area contributed by atoms with Crippen molar-refractivity contribution >= 4 is 28.9 Å². The molecule has 0 aliphatic carbocycles. The minimum absolute atomic E-state index is 0.0398. The molecule has 0 radical (unpaired) electrons. The number of hydrogen-bond acceptors (Lipinski definition) is 3. The third-order valence-corrected chi connectivity index (χ3v) is 4.14. The largest absolute Gasteiger partial charge is 0.381 e. The zero-order valence-corrected chi connectivity index (χ0v) is 14.2. The van der Waals surface area contributed by atoms with Crippen LogP contribution in [0.3, 0.4) is 0 Å². The fourth-order valence-corrected chi connectivity index (χ4v) is 2.99. The minimum Gasteiger partial charge on any atom is -0.381 e. The van der Waals surface area contributed by atoms with Crippen LogP contribution in [0.4, 0.5) is 11.4 Å². The zero-order chi connectivity index (χ0) is 15.9. The van der Waals surface area contributed by atoms with E-state index in [1.54, 1.807) is 0 Å². The Morgan fingerprint density at radius 3 is 3.05 bits per heavy atom. The molecule has 1 saturated heterocycles. The van der Waals surface area contributed by atoms with Gasteiger partial charge >= 0.3 is 0 Å². The third-order valence-electron chi connectivity index (χ3n) is 3.91. The molecular formula is C17H25ClN2O2. The summed E-state index contributed by atoms with van der Waals surface area (Å²) in [5.41, 5.74) is 1.85. The lowest BCUT2D eigenvalue weighted by Crippen LogP contribution is -2.34. The van der Waals surface area contributed by atoms with E-state index in [9.17, 15) is 4.79 Å². The number of nitrogens with zero attached hydrogens (tertiary/aromatic N) is 1. The van der Waals surface area contributed by atoms with E-state index >= 15 is 0 Å². The molecule has 0 aromatic heterocycles. The smallest absolute Gasteiger partial charge is 0.226 e. The van der Waals surface area contributed by atoms with E-state index in [1.807, 2.05) is 25.1 Å². The van der Waals surface area contributed by atoms with Crippen molar-refractivity contribution in [3.8, 4) is 0 Å². The molecule has 0 saturated carbocycles. The number of hydrogen-bond donors (Lipinski definition) is 1. The Balaban J connectivity index is 2.08. The Labute approximate surface area is 137 Å². The lowest BCUT2D eigenvalue weighted by atomic mass is 9.99. The summed E-state index contributed by atoms with van der Waals surface area (Å²) in [6, 6.07) is 5.71. The van der Waals surface area contributed by atoms with Crippen LogP contribution in [0.5, 0.6) is 0 Å². The van der Waals surface area contributed by atoms with Crippen molar-refractivity contribution in [3.05, 3.63) is 23.2 Å². The molecule has 0 spiro atoms. The average Bonchev–Trinajstić information content (AvgIpc) is 2.47. The van der Waals surface area contributed by atoms with Crippen LogP contribution in [0.25, 0.3) is 0 Å². The molecule has 1 aromatic carbocycles. The van der Waals surface area contributed by atoms with Gasteiger partial charge in [0.2, 0.25) is 5.91 Å². The van der Waals surface area contributed by atoms with Crippen molar-refractivity contribution in [2.45, 2.75) is 33.1 Å². The Hall–Kier alpha value is -1.26. The molecule has 4 nitrogen and oxygen atoms in total. The molecule has 22 heavy (non-hydrogen) atoms. The second-order valence-electron chi connectivity index (χ2n) is 5.85. The number of piperidine rings is 1. The first-order valence-electron chi connectivity index (χ1n) is 8.02. The van der Waals surface area contributed by atoms with Gasteiger partial charge in [0, 0.05) is 24.7 Å². The first kappa shape index (κ1) is 17.1. The van der Waals surface area contributed by atoms with Gasteiger partial charge in [0.15, 0.2) is 0 Å². The molecule has 1 unspecified atom stereocenters. The maximum atomic E-state index is 12.0. The van der Waals surface area contributed by atoms with Gasteiger partial charge in [-0.15, -0.1) is 0 Å². The van der Waals surface area contributed by atoms with Crippen LogP contribution < -0.4 is 10.2 Å². The number of amides is 1. The van der Waals surface area contributed by atoms with Crippen molar-refractivity contribution in [1.29, 1.82) is 0 Å². The quantitative estimate of drug-likeness (QED) is 0.806. The molecular weight excluding hydrogens is 300 g/mol. The molecule has 0 bridgehead atoms. The van der Waals surface area contributed by atoms with Crippen LogP contribution in [0, 0.1) is 5.92 Å². The van der Waals surface area contributed by atoms with Crippen LogP contribution in [0.1, 0.15) is 33.1 Å². The van der Waals surface area contributed by atoms with E-state index in [2.05, 4.69) is 17.1 Å². The molecule has 5 heteroatoms. The standard InChI is InChI=1S/C17H25ClN2O2/c1-3-22-10-8-17(21)19-15-11-14(18)6-7-16(15)20-9-4-5-13(2)12-20/h6-7,11,13H,3-5,8-10,12H2,1-2H3,(H,19,21). The molecule has 1 N–H and O–H groups in total. The van der Waals surface area contributed by atoms with Gasteiger partial charge in [0.1, 0.15) is 0 Å². The minimum atomic E-state index is -0.0398. The van der Waals surface area contributed by atoms with Gasteiger partial charge in [0.25, 0.3) is 0 Å². The highest BCUT2D eigenvalue weighted by Crippen LogP contribution is 2.32. The summed E-state index contributed by atoms with van der Waals surface area (Å²) in [5, 5.41) is 3.61. The normalized spacial score (nSPS) is 18.3. The lowest BCUT2D eigenvalue weighted by Gasteiger charge is -2.34. The summed E-state index contributed by atoms with van der Waals surface area (Å²) in [6.45, 7) is 7.30. The number of anilines is 2. The van der Waals surface area contributed by atoms with Crippen LogP contribution in [-0.2, 0) is 9.53 Å². The van der Waals surface area contributed by atoms with Crippen molar-refractivity contribution in [3.63, 3.8) is 0 Å². The molecule has 1 aliphatic rings. The SMILES string of the molecule is CCOCCC(=O)Nc1cc(Cl)ccc1N1CCCC(C)C1. The predicted molar refractivity (Wildman–Crippen MR) is 91.8 cm³/mol. The van der Waals surface area contributed by atoms with E-state index in [0.29, 0.717) is 30.6 Å². The fourth-order valence-electron chi connectivity index (χ4n) is 2.81. The molecule has 1 aliphatic heterocycles. The number of ether oxygens (including phenoxy) is 1. The van der Waals surface area contributed by atoms with Gasteiger partial charge in [-0.1, -0.05) is 18.5 Å². The van der Waals surface area contributed by atoms with Crippen LogP contribution in [0.15, 0.2) is 18.2 Å². The van der Waals surface area contributed by atoms with Crippen molar-refractivity contribution < 1.29 is 9.53 Å². The summed E-state index contributed by atoms with van der Waals surface area (Å²) in [4.78, 5) is 14.4. The Morgan fingerprint density at radius 2 is 2.32 bits per heavy atom. The van der Waals surface area contributed by atoms with Gasteiger partial charge < -0.3 is 15.0 Å². The molecule has 2 rings (SSSR count). The van der Waals surface area contributed by atoms with Gasteiger partial charge in [-0.05, 0) is 43.9 Å². The highest BCUT2D eigenvalue weighted by atomic mass is 35.5. The van der Waals surface area contributed by atoms with Crippen molar-refractivity contribution in [1.82, 2.24) is 0 Å². The van der Waals surface area contributed by atoms with E-state index < -0.39 is 0 Å². The number of carbonyl (C=O) groups is 1. The summed E-state index contributed by atoms with van der Waals surface area (Å²) < 4.78 is 5.23. The topological polar surface area (TPSA) is 41.6 Å². The summed E-state index contributed by atoms with van der Waals surface area (Å²) in [5.74, 6) is 0.632. The van der Waals surface area contributed by atoms with Gasteiger partial charge in [0.05, 0.1) is 24.4 Å². The molecule has 1 aromatic rings. The van der Waals surface area contributed by atoms with E-state index in [-0.39, 0.29) is 5.91 Å². The molecule has 1 heterocycles. The summed E-state index contributed by atoms with van der Waals surface area (Å²) in [6.07, 6.45) is 2.80. The van der Waals surface area contributed by atoms with Gasteiger partial charge in [-0.3, -0.25) is 4.79 Å². The maximum Gasteiger partial charge on any atom is 0.226 e. The number of carbonyl (C=O) groups excluding carboxylic acids is 1. The van der Waals surface area contributed by atoms with E-state index in [0.717, 1.165) is 24.5 Å². The number of benzene rings is 1. The molecule has 122 valence electrons. The van der Waals surface area contributed by atoms with E-state index in [1.165, 1.54) is 12.8 Å². The predicted octanol–water partition coefficient (Wildman–Crippen LogP) is 3.94. The lowest BCUT2D eigenvalue weighted by molar-refractivity contribution is -0.117. The van der Waals surface area contributed by atoms with Crippen LogP contribution in [-0.4, -0.2) is 32.2 Å². The van der Waals surface area contributed by atoms with Gasteiger partial charge in [-0.25, -0.2) is 0 Å². The molecule has 1 fully saturated rings. The zero-order valence-electron chi connectivity index (χ0n) is 13.4. The van der Waals surface area contributed by atoms with Crippen molar-refractivity contribution in [2.24, 2.45) is 5.92 Å². The van der Waals surface area contributed by atoms with Crippen LogP contribution in [0.2, 0.25) is 5.02 Å². The Morgan fingerprint density at radius 1 is 1.50 bits per heavy atom. The Kier molecular flexibility index (Phi) is 6.52. The average molecular weight is 325 g/mol. The van der Waals surface area contributed by atoms with Gasteiger partial charge in [-0.2, -0.15) is 0 Å². The van der Waals surface area contributed by atoms with Crippen LogP contribution >= 0.6 is 11.6 Å². The molecule has 1 amide bonds. The highest BCUT2D eigenvalue weighted by molar-refractivity contribution is 6.31. The Bertz CT molecular complexity index is 507. The summed E-state index contributed by atoms with van der Waals surface area (Å²) in [7, 11) is 0. The fraction of sp³-hybridized carbons (Fsp3) is 0.588. The first-order chi connectivity index (χ1) is 10.6.